The maximum Gasteiger partial charge on any atom is 0.307 e. The van der Waals surface area contributed by atoms with Crippen LogP contribution in [0.5, 0.6) is 0 Å². The minimum Gasteiger partial charge on any atom is -0.465 e. The van der Waals surface area contributed by atoms with Gasteiger partial charge in [0.15, 0.2) is 0 Å². The predicted octanol–water partition coefficient (Wildman–Crippen LogP) is 7.40. The molecule has 0 atom stereocenters. The number of nitrogens with one attached hydrogen (secondary N) is 3. The molecule has 338 valence electrons. The van der Waals surface area contributed by atoms with E-state index in [0.717, 1.165) is 88.0 Å². The molecule has 0 aromatic rings. The Morgan fingerprint density at radius 3 is 1.53 bits per heavy atom. The van der Waals surface area contributed by atoms with Gasteiger partial charge >= 0.3 is 17.9 Å². The molecule has 0 fully saturated rings. The van der Waals surface area contributed by atoms with E-state index in [0.29, 0.717) is 65.3 Å². The van der Waals surface area contributed by atoms with E-state index in [4.69, 9.17) is 19.9 Å². The highest BCUT2D eigenvalue weighted by Crippen LogP contribution is 2.29. The van der Waals surface area contributed by atoms with Crippen LogP contribution >= 0.6 is 65.1 Å². The van der Waals surface area contributed by atoms with Crippen LogP contribution in [0.4, 0.5) is 0 Å². The molecule has 0 radical (unpaired) electrons. The van der Waals surface area contributed by atoms with Crippen molar-refractivity contribution >= 4 is 83.0 Å². The SMILES string of the molecule is CN(CCCCNCCC(=O)OCCSSNCC(C)(C)C)CCCCN(CCC(=O)OCCSSCC(C)(C)CN)CCC(=O)OCCSSNCC(C)(C)C. The predicted molar refractivity (Wildman–Crippen MR) is 255 cm³/mol. The smallest absolute Gasteiger partial charge is 0.307 e. The normalized spacial score (nSPS) is 12.4. The monoisotopic (exact) mass is 920 g/mol. The summed E-state index contributed by atoms with van der Waals surface area (Å²) < 4.78 is 23.0. The average molecular weight is 922 g/mol. The number of nitrogens with zero attached hydrogens (tertiary/aromatic N) is 2. The Hall–Kier alpha value is 0.270. The molecular formula is C39H80N6O6S6. The molecule has 18 heteroatoms. The number of unbranched alkanes of at least 4 members (excludes halogenated alkanes) is 2. The minimum absolute atomic E-state index is 0.0996. The second-order valence-corrected chi connectivity index (χ2v) is 24.4. The Kier molecular flexibility index (Phi) is 36.0. The summed E-state index contributed by atoms with van der Waals surface area (Å²) in [5.41, 5.74) is 6.38. The van der Waals surface area contributed by atoms with Gasteiger partial charge in [-0.3, -0.25) is 23.8 Å². The molecule has 0 aliphatic rings. The van der Waals surface area contributed by atoms with Gasteiger partial charge in [0.25, 0.3) is 0 Å². The van der Waals surface area contributed by atoms with E-state index in [9.17, 15) is 14.4 Å². The third-order valence-corrected chi connectivity index (χ3v) is 14.6. The van der Waals surface area contributed by atoms with Gasteiger partial charge in [0.1, 0.15) is 19.8 Å². The third-order valence-electron chi connectivity index (χ3n) is 7.99. The number of nitrogens with two attached hydrogens (primary N) is 1. The molecule has 0 aromatic heterocycles. The summed E-state index contributed by atoms with van der Waals surface area (Å²) in [5, 5.41) is 3.36. The standard InChI is InChI=1S/C39H80N6O6S6/c1-37(2,3)31-42-56-53-28-25-49-34(46)14-18-41-17-10-11-19-44(9)20-12-13-21-45(22-15-35(47)50-24-27-52-55-33-39(7,8)30-40)23-16-36(48)51-26-29-54-57-43-32-38(4,5)6/h41-43H,10-33,40H2,1-9H3. The Labute approximate surface area is 371 Å². The minimum atomic E-state index is -0.207. The Morgan fingerprint density at radius 1 is 0.579 bits per heavy atom. The Bertz CT molecular complexity index is 1030. The van der Waals surface area contributed by atoms with Gasteiger partial charge in [0.2, 0.25) is 0 Å². The molecule has 0 spiro atoms. The van der Waals surface area contributed by atoms with Crippen molar-refractivity contribution in [3.8, 4) is 0 Å². The molecule has 0 aromatic carbocycles. The lowest BCUT2D eigenvalue weighted by Gasteiger charge is -2.23. The lowest BCUT2D eigenvalue weighted by molar-refractivity contribution is -0.144. The maximum atomic E-state index is 12.5. The first kappa shape index (κ1) is 57.3. The van der Waals surface area contributed by atoms with Crippen molar-refractivity contribution in [1.82, 2.24) is 24.6 Å². The molecular weight excluding hydrogens is 841 g/mol. The molecule has 0 amide bonds. The van der Waals surface area contributed by atoms with E-state index in [1.807, 2.05) is 0 Å². The van der Waals surface area contributed by atoms with Gasteiger partial charge in [0.05, 0.1) is 19.3 Å². The average Bonchev–Trinajstić information content (AvgIpc) is 3.13. The van der Waals surface area contributed by atoms with E-state index in [1.54, 1.807) is 65.1 Å². The number of rotatable bonds is 38. The van der Waals surface area contributed by atoms with Crippen molar-refractivity contribution < 1.29 is 28.6 Å². The van der Waals surface area contributed by atoms with Crippen molar-refractivity contribution in [2.24, 2.45) is 22.0 Å². The molecule has 0 rings (SSSR count). The van der Waals surface area contributed by atoms with Gasteiger partial charge in [-0.25, -0.2) is 0 Å². The van der Waals surface area contributed by atoms with Crippen LogP contribution in [0.3, 0.4) is 0 Å². The third kappa shape index (κ3) is 42.7. The molecule has 5 N–H and O–H groups in total. The molecule has 57 heavy (non-hydrogen) atoms. The van der Waals surface area contributed by atoms with Gasteiger partial charge < -0.3 is 35.1 Å². The lowest BCUT2D eigenvalue weighted by atomic mass is 9.97. The van der Waals surface area contributed by atoms with Crippen LogP contribution in [0.15, 0.2) is 0 Å². The van der Waals surface area contributed by atoms with E-state index < -0.39 is 0 Å². The summed E-state index contributed by atoms with van der Waals surface area (Å²) in [5.74, 6) is 2.63. The van der Waals surface area contributed by atoms with Crippen molar-refractivity contribution in [3.05, 3.63) is 0 Å². The number of hydrogen-bond donors (Lipinski definition) is 4. The van der Waals surface area contributed by atoms with E-state index in [2.05, 4.69) is 87.0 Å². The Balaban J connectivity index is 4.32. The molecule has 0 heterocycles. The quantitative estimate of drug-likeness (QED) is 0.0160. The van der Waals surface area contributed by atoms with Gasteiger partial charge in [0, 0.05) is 55.7 Å². The molecule has 0 bridgehead atoms. The summed E-state index contributed by atoms with van der Waals surface area (Å²) in [6.07, 6.45) is 5.11. The largest absolute Gasteiger partial charge is 0.465 e. The summed E-state index contributed by atoms with van der Waals surface area (Å²) >= 11 is 0. The van der Waals surface area contributed by atoms with Crippen LogP contribution in [0.25, 0.3) is 0 Å². The molecule has 0 saturated carbocycles. The van der Waals surface area contributed by atoms with E-state index in [-0.39, 0.29) is 34.2 Å². The topological polar surface area (TPSA) is 147 Å². The highest BCUT2D eigenvalue weighted by molar-refractivity contribution is 8.77. The molecule has 0 unspecified atom stereocenters. The zero-order chi connectivity index (χ0) is 42.8. The van der Waals surface area contributed by atoms with Gasteiger partial charge in [-0.1, -0.05) is 98.6 Å². The zero-order valence-electron chi connectivity index (χ0n) is 36.8. The highest BCUT2D eigenvalue weighted by Gasteiger charge is 2.16. The summed E-state index contributed by atoms with van der Waals surface area (Å²) in [6, 6.07) is 0. The first-order valence-electron chi connectivity index (χ1n) is 20.5. The number of esters is 3. The van der Waals surface area contributed by atoms with Gasteiger partial charge in [-0.05, 0) is 104 Å². The molecule has 0 aliphatic carbocycles. The van der Waals surface area contributed by atoms with Crippen molar-refractivity contribution in [3.63, 3.8) is 0 Å². The van der Waals surface area contributed by atoms with Crippen LogP contribution in [0, 0.1) is 16.2 Å². The fourth-order valence-corrected chi connectivity index (χ4v) is 10.3. The van der Waals surface area contributed by atoms with Gasteiger partial charge in [-0.2, -0.15) is 0 Å². The molecule has 0 saturated heterocycles. The Morgan fingerprint density at radius 2 is 1.04 bits per heavy atom. The zero-order valence-corrected chi connectivity index (χ0v) is 41.7. The van der Waals surface area contributed by atoms with Crippen molar-refractivity contribution in [1.29, 1.82) is 0 Å². The second-order valence-electron chi connectivity index (χ2n) is 17.2. The maximum absolute atomic E-state index is 12.5. The number of hydrogen-bond acceptors (Lipinski definition) is 18. The van der Waals surface area contributed by atoms with Crippen LogP contribution < -0.4 is 20.5 Å². The highest BCUT2D eigenvalue weighted by atomic mass is 33.1. The van der Waals surface area contributed by atoms with Crippen LogP contribution in [0.2, 0.25) is 0 Å². The number of ether oxygens (including phenoxy) is 3. The van der Waals surface area contributed by atoms with Crippen molar-refractivity contribution in [2.75, 3.05) is 115 Å². The number of carbonyl (C=O) groups excluding carboxylic acids is 3. The lowest BCUT2D eigenvalue weighted by Crippen LogP contribution is -2.31. The van der Waals surface area contributed by atoms with Crippen molar-refractivity contribution in [2.45, 2.75) is 100 Å². The van der Waals surface area contributed by atoms with E-state index >= 15 is 0 Å². The number of carbonyl (C=O) groups is 3. The van der Waals surface area contributed by atoms with Crippen LogP contribution in [-0.2, 0) is 28.6 Å². The molecule has 12 nitrogen and oxygen atoms in total. The fourth-order valence-electron chi connectivity index (χ4n) is 4.37. The summed E-state index contributed by atoms with van der Waals surface area (Å²) in [4.78, 5) is 41.6. The second kappa shape index (κ2) is 35.8. The van der Waals surface area contributed by atoms with E-state index in [1.165, 1.54) is 0 Å². The summed E-state index contributed by atoms with van der Waals surface area (Å²) in [7, 11) is 12.1. The first-order valence-corrected chi connectivity index (χ1v) is 27.6. The molecule has 0 aliphatic heterocycles. The fraction of sp³-hybridized carbons (Fsp3) is 0.923. The van der Waals surface area contributed by atoms with Crippen LogP contribution in [0.1, 0.15) is 100 Å². The van der Waals surface area contributed by atoms with Crippen LogP contribution in [-0.4, -0.2) is 143 Å². The first-order chi connectivity index (χ1) is 26.9. The van der Waals surface area contributed by atoms with Gasteiger partial charge in [-0.15, -0.1) is 0 Å². The summed E-state index contributed by atoms with van der Waals surface area (Å²) in [6.45, 7) is 26.6.